The van der Waals surface area contributed by atoms with E-state index in [0.717, 1.165) is 33.4 Å². The number of aliphatic hydroxyl groups excluding tert-OH is 2. The summed E-state index contributed by atoms with van der Waals surface area (Å²) in [7, 11) is 0. The van der Waals surface area contributed by atoms with E-state index in [4.69, 9.17) is 19.9 Å². The standard InChI is InChI=1S/C34H36N4O6.Sn/c1-15-21(7-9-31(41)42)27-14-28-22(8-10-32(43)44)16(2)24(36-28)12-29-34(20(6)40)18(4)26(38-29)13-30-33(19(5)39)17(3)25(37-30)11-23(15)35-27;/h11-14,19-20,39-40H,7-10H2,1-6H3,(H,41,42)(H,43,44);/q-4;+4/b23-11?,24-12-,25-11-,26-13?,27-14?,28-14-,29-12?,30-13-;. The van der Waals surface area contributed by atoms with Gasteiger partial charge in [-0.05, 0) is 65.5 Å². The summed E-state index contributed by atoms with van der Waals surface area (Å²) in [5.41, 5.74) is 8.32. The minimum absolute atomic E-state index is 0. The fourth-order valence-electron chi connectivity index (χ4n) is 6.15. The van der Waals surface area contributed by atoms with Crippen molar-refractivity contribution in [2.45, 2.75) is 79.4 Å². The molecule has 5 rings (SSSR count). The number of aliphatic carboxylic acids is 2. The van der Waals surface area contributed by atoms with E-state index in [-0.39, 0.29) is 49.6 Å². The van der Waals surface area contributed by atoms with Gasteiger partial charge >= 0.3 is 35.8 Å². The third-order valence-corrected chi connectivity index (χ3v) is 8.49. The summed E-state index contributed by atoms with van der Waals surface area (Å²) < 4.78 is 0. The summed E-state index contributed by atoms with van der Waals surface area (Å²) in [4.78, 5) is 42.6. The number of rotatable bonds is 8. The van der Waals surface area contributed by atoms with E-state index in [0.29, 0.717) is 55.3 Å². The first-order valence-corrected chi connectivity index (χ1v) is 14.6. The van der Waals surface area contributed by atoms with Crippen LogP contribution < -0.4 is 41.3 Å². The summed E-state index contributed by atoms with van der Waals surface area (Å²) in [6.07, 6.45) is 5.93. The number of carbonyl (C=O) groups is 2. The number of aliphatic hydroxyl groups is 2. The average Bonchev–Trinajstić information content (AvgIpc) is 3.59. The van der Waals surface area contributed by atoms with Gasteiger partial charge < -0.3 is 40.4 Å². The molecule has 2 atom stereocenters. The molecule has 0 fully saturated rings. The van der Waals surface area contributed by atoms with E-state index >= 15 is 0 Å². The molecule has 0 spiro atoms. The molecule has 45 heavy (non-hydrogen) atoms. The molecule has 5 heterocycles. The molecule has 0 amide bonds. The van der Waals surface area contributed by atoms with E-state index < -0.39 is 24.1 Å². The summed E-state index contributed by atoms with van der Waals surface area (Å²) in [6, 6.07) is 0. The topological polar surface area (TPSA) is 171 Å². The van der Waals surface area contributed by atoms with Crippen LogP contribution in [0.4, 0.5) is 0 Å². The Labute approximate surface area is 277 Å². The van der Waals surface area contributed by atoms with Crippen LogP contribution in [-0.4, -0.2) is 56.3 Å². The van der Waals surface area contributed by atoms with Gasteiger partial charge in [0, 0.05) is 12.8 Å². The van der Waals surface area contributed by atoms with Crippen LogP contribution in [0.25, 0.3) is 24.3 Å². The summed E-state index contributed by atoms with van der Waals surface area (Å²) >= 11 is 0. The zero-order valence-electron chi connectivity index (χ0n) is 26.2. The van der Waals surface area contributed by atoms with Crippen LogP contribution >= 0.6 is 0 Å². The van der Waals surface area contributed by atoms with Crippen LogP contribution in [0.1, 0.15) is 106 Å². The Balaban J connectivity index is 0.00000461. The Bertz CT molecular complexity index is 2040. The van der Waals surface area contributed by atoms with Crippen molar-refractivity contribution in [1.29, 1.82) is 0 Å². The van der Waals surface area contributed by atoms with Gasteiger partial charge in [-0.3, -0.25) is 9.59 Å². The van der Waals surface area contributed by atoms with Gasteiger partial charge in [0.1, 0.15) is 0 Å². The molecule has 11 heteroatoms. The molecule has 8 bridgehead atoms. The molecular formula is C34H36N4O6Sn. The largest absolute Gasteiger partial charge is 4.00 e. The van der Waals surface area contributed by atoms with Crippen LogP contribution in [0.5, 0.6) is 0 Å². The SMILES string of the molecule is Cc1c2[n-]c(c1CCC(=O)O)/C=c1\[n-]/c(c(C)c1CCC(=O)O)=C\c1[n-]c(c(C)c1C(C)O)/C=c1\[n-]/c(c(C)c1C(C)O)=C\2.[Sn+4]. The molecule has 4 N–H and O–H groups in total. The van der Waals surface area contributed by atoms with Crippen LogP contribution in [0.15, 0.2) is 0 Å². The number of hydrogen-bond acceptors (Lipinski definition) is 4. The Hall–Kier alpha value is -3.74. The minimum atomic E-state index is -0.931. The van der Waals surface area contributed by atoms with Crippen molar-refractivity contribution >= 4 is 60.2 Å². The molecule has 10 nitrogen and oxygen atoms in total. The number of aromatic nitrogens is 4. The van der Waals surface area contributed by atoms with Crippen molar-refractivity contribution in [3.05, 3.63) is 88.7 Å². The van der Waals surface area contributed by atoms with E-state index in [9.17, 15) is 30.0 Å². The van der Waals surface area contributed by atoms with Crippen molar-refractivity contribution in [2.24, 2.45) is 0 Å². The summed E-state index contributed by atoms with van der Waals surface area (Å²) in [6.45, 7) is 10.9. The van der Waals surface area contributed by atoms with Gasteiger partial charge in [0.15, 0.2) is 0 Å². The molecule has 0 aromatic carbocycles. The molecule has 2 unspecified atom stereocenters. The third-order valence-electron chi connectivity index (χ3n) is 8.49. The molecule has 1 aliphatic rings. The van der Waals surface area contributed by atoms with Gasteiger partial charge in [0.2, 0.25) is 0 Å². The van der Waals surface area contributed by atoms with Gasteiger partial charge in [-0.15, -0.1) is 44.2 Å². The average molecular weight is 715 g/mol. The number of nitrogens with zero attached hydrogens (tertiary/aromatic N) is 4. The molecule has 4 aromatic heterocycles. The first-order valence-electron chi connectivity index (χ1n) is 14.6. The number of carboxylic acids is 2. The van der Waals surface area contributed by atoms with E-state index in [2.05, 4.69) is 0 Å². The predicted molar refractivity (Wildman–Crippen MR) is 170 cm³/mol. The monoisotopic (exact) mass is 716 g/mol. The Morgan fingerprint density at radius 2 is 1.04 bits per heavy atom. The van der Waals surface area contributed by atoms with Gasteiger partial charge in [-0.25, -0.2) is 0 Å². The van der Waals surface area contributed by atoms with Crippen LogP contribution in [0, 0.1) is 27.7 Å². The quantitative estimate of drug-likeness (QED) is 0.162. The number of fused-ring (bicyclic) bond motifs is 8. The molecule has 0 saturated heterocycles. The van der Waals surface area contributed by atoms with Gasteiger partial charge in [0.05, 0.1) is 12.2 Å². The van der Waals surface area contributed by atoms with Crippen LogP contribution in [0.3, 0.4) is 0 Å². The van der Waals surface area contributed by atoms with Crippen molar-refractivity contribution in [3.8, 4) is 0 Å². The van der Waals surface area contributed by atoms with Crippen molar-refractivity contribution < 1.29 is 30.0 Å². The van der Waals surface area contributed by atoms with E-state index in [1.165, 1.54) is 0 Å². The van der Waals surface area contributed by atoms with Gasteiger partial charge in [0.25, 0.3) is 0 Å². The molecule has 0 radical (unpaired) electrons. The summed E-state index contributed by atoms with van der Waals surface area (Å²) in [5, 5.41) is 42.7. The second-order valence-electron chi connectivity index (χ2n) is 11.5. The maximum absolute atomic E-state index is 11.5. The first-order chi connectivity index (χ1) is 20.8. The minimum Gasteiger partial charge on any atom is -0.657 e. The fraction of sp³-hybridized carbons (Fsp3) is 0.353. The molecule has 0 saturated carbocycles. The van der Waals surface area contributed by atoms with Crippen molar-refractivity contribution in [1.82, 2.24) is 19.9 Å². The number of hydrogen-bond donors (Lipinski definition) is 4. The molecule has 232 valence electrons. The molecule has 1 aliphatic heterocycles. The fourth-order valence-corrected chi connectivity index (χ4v) is 6.15. The Morgan fingerprint density at radius 1 is 0.578 bits per heavy atom. The van der Waals surface area contributed by atoms with Crippen LogP contribution in [0.2, 0.25) is 0 Å². The van der Waals surface area contributed by atoms with Crippen molar-refractivity contribution in [2.75, 3.05) is 0 Å². The Kier molecular flexibility index (Phi) is 10.1. The van der Waals surface area contributed by atoms with E-state index in [1.807, 2.05) is 39.8 Å². The third kappa shape index (κ3) is 6.63. The molecule has 4 aromatic rings. The first kappa shape index (κ1) is 34.1. The van der Waals surface area contributed by atoms with Crippen LogP contribution in [-0.2, 0) is 22.4 Å². The summed E-state index contributed by atoms with van der Waals surface area (Å²) in [5.74, 6) is -1.86. The zero-order valence-corrected chi connectivity index (χ0v) is 29.0. The second kappa shape index (κ2) is 13.3. The normalized spacial score (nSPS) is 16.5. The van der Waals surface area contributed by atoms with Crippen molar-refractivity contribution in [3.63, 3.8) is 0 Å². The maximum atomic E-state index is 11.5. The van der Waals surface area contributed by atoms with Gasteiger partial charge in [-0.1, -0.05) is 57.7 Å². The zero-order chi connectivity index (χ0) is 32.0. The number of carboxylic acid groups (broad SMARTS) is 2. The second-order valence-corrected chi connectivity index (χ2v) is 11.5. The molecule has 0 aliphatic carbocycles. The van der Waals surface area contributed by atoms with Gasteiger partial charge in [-0.2, -0.15) is 0 Å². The van der Waals surface area contributed by atoms with E-state index in [1.54, 1.807) is 26.0 Å². The molecular weight excluding hydrogens is 679 g/mol. The predicted octanol–water partition coefficient (Wildman–Crippen LogP) is 0.138. The smallest absolute Gasteiger partial charge is 0.657 e. The Morgan fingerprint density at radius 3 is 1.64 bits per heavy atom. The maximum Gasteiger partial charge on any atom is 4.00 e.